The zero-order chi connectivity index (χ0) is 25.9. The second-order valence-electron chi connectivity index (χ2n) is 9.64. The third kappa shape index (κ3) is 5.71. The lowest BCUT2D eigenvalue weighted by molar-refractivity contribution is -0.115. The Balaban J connectivity index is 1.21. The fourth-order valence-corrected chi connectivity index (χ4v) is 4.90. The number of hydrogen-bond donors (Lipinski definition) is 2. The van der Waals surface area contributed by atoms with Crippen molar-refractivity contribution in [2.75, 3.05) is 35.2 Å². The topological polar surface area (TPSA) is 91.0 Å². The SMILES string of the molecule is CC1CN(Cc2ccc(C(=O)Nc3ccc(C(=O)N4CC(=O)Nc5ccccc54)cc3)cc2)CC(C)O1. The number of para-hydroxylation sites is 2. The van der Waals surface area contributed by atoms with E-state index in [9.17, 15) is 14.4 Å². The van der Waals surface area contributed by atoms with Crippen molar-refractivity contribution in [3.8, 4) is 0 Å². The molecule has 8 heteroatoms. The number of nitrogens with one attached hydrogen (secondary N) is 2. The summed E-state index contributed by atoms with van der Waals surface area (Å²) >= 11 is 0. The van der Waals surface area contributed by atoms with Gasteiger partial charge in [-0.2, -0.15) is 0 Å². The number of rotatable bonds is 5. The van der Waals surface area contributed by atoms with Gasteiger partial charge in [-0.15, -0.1) is 0 Å². The second kappa shape index (κ2) is 10.5. The first-order valence-corrected chi connectivity index (χ1v) is 12.4. The first kappa shape index (κ1) is 24.7. The molecular formula is C29H30N4O4. The van der Waals surface area contributed by atoms with E-state index in [1.165, 1.54) is 4.90 Å². The predicted octanol–water partition coefficient (Wildman–Crippen LogP) is 4.15. The summed E-state index contributed by atoms with van der Waals surface area (Å²) in [6.45, 7) is 6.73. The molecule has 0 saturated carbocycles. The van der Waals surface area contributed by atoms with Gasteiger partial charge < -0.3 is 15.4 Å². The number of benzene rings is 3. The van der Waals surface area contributed by atoms with Gasteiger partial charge in [0.05, 0.1) is 23.6 Å². The smallest absolute Gasteiger partial charge is 0.258 e. The van der Waals surface area contributed by atoms with Crippen molar-refractivity contribution < 1.29 is 19.1 Å². The van der Waals surface area contributed by atoms with Crippen molar-refractivity contribution in [2.45, 2.75) is 32.6 Å². The molecule has 2 heterocycles. The van der Waals surface area contributed by atoms with Gasteiger partial charge >= 0.3 is 0 Å². The highest BCUT2D eigenvalue weighted by Gasteiger charge is 2.27. The third-order valence-corrected chi connectivity index (χ3v) is 6.52. The normalized spacial score (nSPS) is 19.6. The fraction of sp³-hybridized carbons (Fsp3) is 0.276. The highest BCUT2D eigenvalue weighted by Crippen LogP contribution is 2.30. The van der Waals surface area contributed by atoms with Gasteiger partial charge in [0, 0.05) is 36.4 Å². The van der Waals surface area contributed by atoms with Gasteiger partial charge in [-0.25, -0.2) is 0 Å². The minimum atomic E-state index is -0.278. The third-order valence-electron chi connectivity index (χ3n) is 6.52. The van der Waals surface area contributed by atoms with Crippen LogP contribution in [0.25, 0.3) is 0 Å². The van der Waals surface area contributed by atoms with E-state index in [2.05, 4.69) is 29.4 Å². The van der Waals surface area contributed by atoms with E-state index in [1.54, 1.807) is 36.4 Å². The lowest BCUT2D eigenvalue weighted by Crippen LogP contribution is -2.44. The van der Waals surface area contributed by atoms with Crippen LogP contribution in [0.5, 0.6) is 0 Å². The summed E-state index contributed by atoms with van der Waals surface area (Å²) in [4.78, 5) is 41.8. The number of carbonyl (C=O) groups is 3. The number of morpholine rings is 1. The van der Waals surface area contributed by atoms with Crippen molar-refractivity contribution in [1.29, 1.82) is 0 Å². The number of fused-ring (bicyclic) bond motifs is 1. The van der Waals surface area contributed by atoms with E-state index in [0.717, 1.165) is 25.2 Å². The van der Waals surface area contributed by atoms with E-state index in [4.69, 9.17) is 4.74 Å². The minimum absolute atomic E-state index is 0.0477. The molecule has 190 valence electrons. The summed E-state index contributed by atoms with van der Waals surface area (Å²) in [7, 11) is 0. The molecule has 0 radical (unpaired) electrons. The molecule has 5 rings (SSSR count). The van der Waals surface area contributed by atoms with Crippen LogP contribution in [-0.4, -0.2) is 54.5 Å². The molecule has 2 N–H and O–H groups in total. The number of amides is 3. The summed E-state index contributed by atoms with van der Waals surface area (Å²) in [5.41, 5.74) is 3.98. The van der Waals surface area contributed by atoms with Gasteiger partial charge in [-0.3, -0.25) is 24.2 Å². The van der Waals surface area contributed by atoms with Crippen molar-refractivity contribution in [1.82, 2.24) is 4.90 Å². The number of ether oxygens (including phenoxy) is 1. The Kier molecular flexibility index (Phi) is 7.03. The molecule has 37 heavy (non-hydrogen) atoms. The Labute approximate surface area is 216 Å². The van der Waals surface area contributed by atoms with Crippen LogP contribution in [0.4, 0.5) is 17.1 Å². The summed E-state index contributed by atoms with van der Waals surface area (Å²) in [6.07, 6.45) is 0.427. The molecule has 2 unspecified atom stereocenters. The molecule has 0 spiro atoms. The lowest BCUT2D eigenvalue weighted by atomic mass is 10.1. The van der Waals surface area contributed by atoms with Gasteiger partial charge in [0.1, 0.15) is 6.54 Å². The largest absolute Gasteiger partial charge is 0.373 e. The average molecular weight is 499 g/mol. The Morgan fingerprint density at radius 2 is 1.57 bits per heavy atom. The van der Waals surface area contributed by atoms with Crippen LogP contribution >= 0.6 is 0 Å². The van der Waals surface area contributed by atoms with Crippen LogP contribution < -0.4 is 15.5 Å². The molecular weight excluding hydrogens is 468 g/mol. The van der Waals surface area contributed by atoms with Crippen molar-refractivity contribution in [3.05, 3.63) is 89.5 Å². The first-order chi connectivity index (χ1) is 17.9. The summed E-state index contributed by atoms with van der Waals surface area (Å²) in [5, 5.41) is 5.67. The Hall–Kier alpha value is -4.01. The number of hydrogen-bond acceptors (Lipinski definition) is 5. The maximum absolute atomic E-state index is 13.1. The summed E-state index contributed by atoms with van der Waals surface area (Å²) < 4.78 is 5.80. The van der Waals surface area contributed by atoms with Gasteiger partial charge in [0.2, 0.25) is 5.91 Å². The van der Waals surface area contributed by atoms with Crippen LogP contribution in [0.15, 0.2) is 72.8 Å². The second-order valence-corrected chi connectivity index (χ2v) is 9.64. The van der Waals surface area contributed by atoms with Crippen LogP contribution in [0.1, 0.15) is 40.1 Å². The quantitative estimate of drug-likeness (QED) is 0.552. The molecule has 3 aromatic rings. The predicted molar refractivity (Wildman–Crippen MR) is 143 cm³/mol. The van der Waals surface area contributed by atoms with E-state index < -0.39 is 0 Å². The van der Waals surface area contributed by atoms with Gasteiger partial charge in [-0.1, -0.05) is 24.3 Å². The highest BCUT2D eigenvalue weighted by atomic mass is 16.5. The van der Waals surface area contributed by atoms with E-state index >= 15 is 0 Å². The minimum Gasteiger partial charge on any atom is -0.373 e. The van der Waals surface area contributed by atoms with Crippen molar-refractivity contribution in [2.24, 2.45) is 0 Å². The van der Waals surface area contributed by atoms with Crippen LogP contribution in [0.3, 0.4) is 0 Å². The Morgan fingerprint density at radius 1 is 0.919 bits per heavy atom. The molecule has 2 aliphatic rings. The highest BCUT2D eigenvalue weighted by molar-refractivity contribution is 6.15. The maximum Gasteiger partial charge on any atom is 0.258 e. The number of nitrogens with zero attached hydrogens (tertiary/aromatic N) is 2. The van der Waals surface area contributed by atoms with Crippen LogP contribution in [0.2, 0.25) is 0 Å². The fourth-order valence-electron chi connectivity index (χ4n) is 4.90. The molecule has 0 bridgehead atoms. The van der Waals surface area contributed by atoms with Crippen molar-refractivity contribution in [3.63, 3.8) is 0 Å². The molecule has 1 fully saturated rings. The molecule has 1 saturated heterocycles. The number of carbonyl (C=O) groups excluding carboxylic acids is 3. The lowest BCUT2D eigenvalue weighted by Gasteiger charge is -2.35. The molecule has 0 aromatic heterocycles. The molecule has 2 atom stereocenters. The van der Waals surface area contributed by atoms with Gasteiger partial charge in [0.15, 0.2) is 0 Å². The van der Waals surface area contributed by atoms with E-state index in [1.807, 2.05) is 36.4 Å². The van der Waals surface area contributed by atoms with E-state index in [-0.39, 0.29) is 36.5 Å². The van der Waals surface area contributed by atoms with Crippen LogP contribution in [-0.2, 0) is 16.1 Å². The zero-order valence-electron chi connectivity index (χ0n) is 20.9. The standard InChI is InChI=1S/C29H30N4O4/c1-19-15-32(16-20(2)37-19)17-21-7-9-22(10-8-21)28(35)30-24-13-11-23(12-14-24)29(36)33-18-27(34)31-25-5-3-4-6-26(25)33/h3-14,19-20H,15-18H2,1-2H3,(H,30,35)(H,31,34). The Bertz CT molecular complexity index is 1300. The molecule has 0 aliphatic carbocycles. The molecule has 3 aromatic carbocycles. The van der Waals surface area contributed by atoms with Gasteiger partial charge in [0.25, 0.3) is 11.8 Å². The van der Waals surface area contributed by atoms with E-state index in [0.29, 0.717) is 28.2 Å². The van der Waals surface area contributed by atoms with Crippen molar-refractivity contribution >= 4 is 34.8 Å². The average Bonchev–Trinajstić information content (AvgIpc) is 2.88. The summed E-state index contributed by atoms with van der Waals surface area (Å²) in [5.74, 6) is -0.739. The zero-order valence-corrected chi connectivity index (χ0v) is 20.9. The monoisotopic (exact) mass is 498 g/mol. The molecule has 2 aliphatic heterocycles. The van der Waals surface area contributed by atoms with Crippen LogP contribution in [0, 0.1) is 0 Å². The molecule has 8 nitrogen and oxygen atoms in total. The first-order valence-electron chi connectivity index (χ1n) is 12.4. The maximum atomic E-state index is 13.1. The Morgan fingerprint density at radius 3 is 2.27 bits per heavy atom. The number of anilines is 3. The summed E-state index contributed by atoms with van der Waals surface area (Å²) in [6, 6.07) is 21.5. The molecule has 3 amide bonds. The van der Waals surface area contributed by atoms with Gasteiger partial charge in [-0.05, 0) is 67.9 Å².